The second kappa shape index (κ2) is 5.46. The van der Waals surface area contributed by atoms with Gasteiger partial charge in [-0.15, -0.1) is 0 Å². The maximum Gasteiger partial charge on any atom is 0.391 e. The molecule has 0 aliphatic carbocycles. The third-order valence-electron chi connectivity index (χ3n) is 3.78. The molecule has 2 N–H and O–H groups in total. The number of halogens is 3. The van der Waals surface area contributed by atoms with Crippen LogP contribution in [0.5, 0.6) is 0 Å². The van der Waals surface area contributed by atoms with Crippen LogP contribution in [0.4, 0.5) is 24.8 Å². The molecule has 1 aliphatic rings. The Morgan fingerprint density at radius 1 is 1.25 bits per heavy atom. The molecule has 1 aromatic rings. The Morgan fingerprint density at radius 3 is 2.35 bits per heavy atom. The summed E-state index contributed by atoms with van der Waals surface area (Å²) < 4.78 is 38.0. The fourth-order valence-electron chi connectivity index (χ4n) is 2.45. The minimum Gasteiger partial charge on any atom is -0.383 e. The maximum absolute atomic E-state index is 12.7. The molecule has 0 radical (unpaired) electrons. The second-order valence-corrected chi connectivity index (χ2v) is 5.13. The summed E-state index contributed by atoms with van der Waals surface area (Å²) in [6, 6.07) is 0. The van der Waals surface area contributed by atoms with Crippen molar-refractivity contribution in [2.24, 2.45) is 5.92 Å². The van der Waals surface area contributed by atoms with E-state index in [-0.39, 0.29) is 12.8 Å². The van der Waals surface area contributed by atoms with Crippen LogP contribution >= 0.6 is 0 Å². The van der Waals surface area contributed by atoms with E-state index in [0.717, 1.165) is 5.56 Å². The molecule has 0 aromatic carbocycles. The van der Waals surface area contributed by atoms with Crippen LogP contribution in [0.1, 0.15) is 31.2 Å². The van der Waals surface area contributed by atoms with Crippen molar-refractivity contribution in [1.82, 2.24) is 9.97 Å². The Labute approximate surface area is 116 Å². The van der Waals surface area contributed by atoms with Gasteiger partial charge in [0.25, 0.3) is 0 Å². The van der Waals surface area contributed by atoms with Crippen LogP contribution in [-0.2, 0) is 6.42 Å². The number of hydrogen-bond acceptors (Lipinski definition) is 4. The topological polar surface area (TPSA) is 55.0 Å². The minimum absolute atomic E-state index is 0.105. The summed E-state index contributed by atoms with van der Waals surface area (Å²) in [4.78, 5) is 10.5. The lowest BCUT2D eigenvalue weighted by Crippen LogP contribution is -2.39. The smallest absolute Gasteiger partial charge is 0.383 e. The number of anilines is 2. The Morgan fingerprint density at radius 2 is 1.85 bits per heavy atom. The first-order chi connectivity index (χ1) is 9.32. The van der Waals surface area contributed by atoms with Crippen molar-refractivity contribution in [3.05, 3.63) is 11.4 Å². The molecule has 0 amide bonds. The van der Waals surface area contributed by atoms with E-state index in [0.29, 0.717) is 37.0 Å². The average molecular weight is 288 g/mol. The van der Waals surface area contributed by atoms with Gasteiger partial charge in [0.2, 0.25) is 0 Å². The molecular weight excluding hydrogens is 269 g/mol. The van der Waals surface area contributed by atoms with Crippen molar-refractivity contribution in [2.45, 2.75) is 39.3 Å². The standard InChI is InChI=1S/C13H19F3N4/c1-3-10-18-11(17)8(2)12(19-10)20-6-4-9(5-7-20)13(14,15)16/h9H,3-7H2,1-2H3,(H2,17,18,19). The number of rotatable bonds is 2. The molecule has 0 bridgehead atoms. The van der Waals surface area contributed by atoms with E-state index in [1.807, 2.05) is 11.8 Å². The largest absolute Gasteiger partial charge is 0.391 e. The predicted molar refractivity (Wildman–Crippen MR) is 71.6 cm³/mol. The zero-order chi connectivity index (χ0) is 14.9. The molecule has 1 fully saturated rings. The number of piperidine rings is 1. The van der Waals surface area contributed by atoms with E-state index < -0.39 is 12.1 Å². The molecule has 1 aliphatic heterocycles. The van der Waals surface area contributed by atoms with Crippen LogP contribution in [0.2, 0.25) is 0 Å². The predicted octanol–water partition coefficient (Wildman–Crippen LogP) is 2.71. The number of aryl methyl sites for hydroxylation is 1. The second-order valence-electron chi connectivity index (χ2n) is 5.13. The molecule has 0 unspecified atom stereocenters. The highest BCUT2D eigenvalue weighted by Crippen LogP contribution is 2.35. The van der Waals surface area contributed by atoms with Gasteiger partial charge in [0.1, 0.15) is 17.5 Å². The van der Waals surface area contributed by atoms with Crippen molar-refractivity contribution in [3.8, 4) is 0 Å². The van der Waals surface area contributed by atoms with E-state index in [9.17, 15) is 13.2 Å². The van der Waals surface area contributed by atoms with Gasteiger partial charge in [-0.25, -0.2) is 9.97 Å². The van der Waals surface area contributed by atoms with Crippen LogP contribution in [-0.4, -0.2) is 29.2 Å². The van der Waals surface area contributed by atoms with Crippen molar-refractivity contribution >= 4 is 11.6 Å². The molecule has 7 heteroatoms. The average Bonchev–Trinajstić information content (AvgIpc) is 2.41. The van der Waals surface area contributed by atoms with Gasteiger partial charge in [-0.05, 0) is 19.8 Å². The van der Waals surface area contributed by atoms with E-state index in [4.69, 9.17) is 5.73 Å². The number of nitrogens with zero attached hydrogens (tertiary/aromatic N) is 3. The van der Waals surface area contributed by atoms with Crippen molar-refractivity contribution in [1.29, 1.82) is 0 Å². The highest BCUT2D eigenvalue weighted by Gasteiger charge is 2.41. The highest BCUT2D eigenvalue weighted by molar-refractivity contribution is 5.56. The monoisotopic (exact) mass is 288 g/mol. The summed E-state index contributed by atoms with van der Waals surface area (Å²) in [6.07, 6.45) is -3.24. The van der Waals surface area contributed by atoms with Crippen LogP contribution in [0.25, 0.3) is 0 Å². The number of aromatic nitrogens is 2. The first-order valence-electron chi connectivity index (χ1n) is 6.77. The Bertz CT molecular complexity index is 479. The molecule has 1 saturated heterocycles. The van der Waals surface area contributed by atoms with E-state index >= 15 is 0 Å². The Hall–Kier alpha value is -1.53. The maximum atomic E-state index is 12.7. The number of nitrogen functional groups attached to an aromatic ring is 1. The minimum atomic E-state index is -4.10. The molecular formula is C13H19F3N4. The van der Waals surface area contributed by atoms with Gasteiger partial charge in [0, 0.05) is 25.1 Å². The molecule has 112 valence electrons. The Kier molecular flexibility index (Phi) is 4.06. The first kappa shape index (κ1) is 14.9. The molecule has 20 heavy (non-hydrogen) atoms. The van der Waals surface area contributed by atoms with Gasteiger partial charge in [-0.3, -0.25) is 0 Å². The van der Waals surface area contributed by atoms with E-state index in [1.165, 1.54) is 0 Å². The van der Waals surface area contributed by atoms with Crippen LogP contribution in [0.15, 0.2) is 0 Å². The van der Waals surface area contributed by atoms with Gasteiger partial charge >= 0.3 is 6.18 Å². The lowest BCUT2D eigenvalue weighted by Gasteiger charge is -2.34. The van der Waals surface area contributed by atoms with Crippen molar-refractivity contribution < 1.29 is 13.2 Å². The molecule has 0 saturated carbocycles. The zero-order valence-corrected chi connectivity index (χ0v) is 11.7. The van der Waals surface area contributed by atoms with Crippen molar-refractivity contribution in [2.75, 3.05) is 23.7 Å². The normalized spacial score (nSPS) is 17.6. The molecule has 4 nitrogen and oxygen atoms in total. The number of hydrogen-bond donors (Lipinski definition) is 1. The molecule has 1 aromatic heterocycles. The van der Waals surface area contributed by atoms with E-state index in [1.54, 1.807) is 6.92 Å². The zero-order valence-electron chi connectivity index (χ0n) is 11.7. The van der Waals surface area contributed by atoms with Gasteiger partial charge in [0.05, 0.1) is 5.92 Å². The van der Waals surface area contributed by atoms with Crippen LogP contribution in [0, 0.1) is 12.8 Å². The summed E-state index contributed by atoms with van der Waals surface area (Å²) in [5.41, 5.74) is 6.59. The van der Waals surface area contributed by atoms with Gasteiger partial charge in [-0.1, -0.05) is 6.92 Å². The summed E-state index contributed by atoms with van der Waals surface area (Å²) in [5.74, 6) is 0.504. The van der Waals surface area contributed by atoms with Crippen LogP contribution < -0.4 is 10.6 Å². The molecule has 0 atom stereocenters. The highest BCUT2D eigenvalue weighted by atomic mass is 19.4. The third kappa shape index (κ3) is 2.96. The van der Waals surface area contributed by atoms with E-state index in [2.05, 4.69) is 9.97 Å². The quantitative estimate of drug-likeness (QED) is 0.909. The molecule has 2 heterocycles. The van der Waals surface area contributed by atoms with Gasteiger partial charge in [0.15, 0.2) is 0 Å². The fraction of sp³-hybridized carbons (Fsp3) is 0.692. The Balaban J connectivity index is 2.16. The summed E-state index contributed by atoms with van der Waals surface area (Å²) in [5, 5.41) is 0. The lowest BCUT2D eigenvalue weighted by atomic mass is 9.96. The number of alkyl halides is 3. The molecule has 0 spiro atoms. The fourth-order valence-corrected chi connectivity index (χ4v) is 2.45. The van der Waals surface area contributed by atoms with Crippen LogP contribution in [0.3, 0.4) is 0 Å². The third-order valence-corrected chi connectivity index (χ3v) is 3.78. The first-order valence-corrected chi connectivity index (χ1v) is 6.77. The summed E-state index contributed by atoms with van der Waals surface area (Å²) in [7, 11) is 0. The summed E-state index contributed by atoms with van der Waals surface area (Å²) in [6.45, 7) is 4.43. The van der Waals surface area contributed by atoms with Crippen molar-refractivity contribution in [3.63, 3.8) is 0 Å². The lowest BCUT2D eigenvalue weighted by molar-refractivity contribution is -0.179. The molecule has 2 rings (SSSR count). The van der Waals surface area contributed by atoms with Gasteiger partial charge < -0.3 is 10.6 Å². The number of nitrogens with two attached hydrogens (primary N) is 1. The summed E-state index contributed by atoms with van der Waals surface area (Å²) >= 11 is 0. The SMILES string of the molecule is CCc1nc(N)c(C)c(N2CCC(C(F)(F)F)CC2)n1. The van der Waals surface area contributed by atoms with Gasteiger partial charge in [-0.2, -0.15) is 13.2 Å².